The van der Waals surface area contributed by atoms with Crippen LogP contribution < -0.4 is 0 Å². The molecule has 96 valence electrons. The molecule has 0 aliphatic heterocycles. The molecule has 0 amide bonds. The van der Waals surface area contributed by atoms with Gasteiger partial charge in [-0.25, -0.2) is 0 Å². The van der Waals surface area contributed by atoms with Crippen molar-refractivity contribution in [2.75, 3.05) is 13.2 Å². The van der Waals surface area contributed by atoms with Crippen molar-refractivity contribution in [3.63, 3.8) is 0 Å². The van der Waals surface area contributed by atoms with E-state index in [1.807, 2.05) is 0 Å². The zero-order chi connectivity index (χ0) is 12.9. The van der Waals surface area contributed by atoms with Gasteiger partial charge in [0, 0.05) is 18.0 Å². The lowest BCUT2D eigenvalue weighted by molar-refractivity contribution is 0.0360. The second-order valence-corrected chi connectivity index (χ2v) is 5.18. The number of aromatic nitrogens is 1. The zero-order valence-electron chi connectivity index (χ0n) is 9.60. The van der Waals surface area contributed by atoms with Crippen LogP contribution in [0.5, 0.6) is 0 Å². The van der Waals surface area contributed by atoms with Crippen LogP contribution in [-0.2, 0) is 19.3 Å². The molecule has 0 aliphatic rings. The highest BCUT2D eigenvalue weighted by Gasteiger charge is 2.54. The molecular formula is C10H14F2NO3P. The maximum absolute atomic E-state index is 14.0. The molecule has 17 heavy (non-hydrogen) atoms. The van der Waals surface area contributed by atoms with Gasteiger partial charge in [-0.1, -0.05) is 0 Å². The van der Waals surface area contributed by atoms with Gasteiger partial charge in [0.15, 0.2) is 0 Å². The largest absolute Gasteiger partial charge is 0.404 e. The van der Waals surface area contributed by atoms with E-state index in [2.05, 4.69) is 14.0 Å². The summed E-state index contributed by atoms with van der Waals surface area (Å²) in [5.74, 6) is 0. The first kappa shape index (κ1) is 14.2. The third-order valence-electron chi connectivity index (χ3n) is 1.97. The van der Waals surface area contributed by atoms with Crippen LogP contribution in [0.1, 0.15) is 19.4 Å². The molecule has 0 fully saturated rings. The third kappa shape index (κ3) is 2.89. The van der Waals surface area contributed by atoms with Crippen molar-refractivity contribution in [2.45, 2.75) is 19.5 Å². The Balaban J connectivity index is 3.13. The molecule has 0 saturated carbocycles. The van der Waals surface area contributed by atoms with Gasteiger partial charge in [0.2, 0.25) is 0 Å². The van der Waals surface area contributed by atoms with Crippen LogP contribution >= 0.6 is 7.60 Å². The van der Waals surface area contributed by atoms with Crippen molar-refractivity contribution < 1.29 is 22.4 Å². The standard InChI is InChI=1S/C10H14F2NO3P/c1-3-15-17(14,16-4-2)10(11,12)9-5-7-13-8-6-9/h5-8H,3-4H2,1-2H3. The van der Waals surface area contributed by atoms with Gasteiger partial charge in [-0.05, 0) is 26.0 Å². The highest BCUT2D eigenvalue weighted by molar-refractivity contribution is 7.54. The summed E-state index contributed by atoms with van der Waals surface area (Å²) in [6.45, 7) is 2.73. The molecule has 0 saturated heterocycles. The molecule has 1 aromatic rings. The Hall–Kier alpha value is -0.840. The molecule has 7 heteroatoms. The van der Waals surface area contributed by atoms with Gasteiger partial charge in [-0.15, -0.1) is 0 Å². The highest BCUT2D eigenvalue weighted by Crippen LogP contribution is 2.66. The van der Waals surface area contributed by atoms with E-state index in [4.69, 9.17) is 0 Å². The molecule has 0 aromatic carbocycles. The topological polar surface area (TPSA) is 48.4 Å². The van der Waals surface area contributed by atoms with Crippen LogP contribution in [0.2, 0.25) is 0 Å². The van der Waals surface area contributed by atoms with Crippen molar-refractivity contribution in [1.82, 2.24) is 4.98 Å². The molecule has 0 atom stereocenters. The lowest BCUT2D eigenvalue weighted by atomic mass is 10.3. The first-order valence-corrected chi connectivity index (χ1v) is 6.69. The van der Waals surface area contributed by atoms with Crippen molar-refractivity contribution in [2.24, 2.45) is 0 Å². The van der Waals surface area contributed by atoms with Crippen molar-refractivity contribution in [3.8, 4) is 0 Å². The number of rotatable bonds is 6. The van der Waals surface area contributed by atoms with Crippen molar-refractivity contribution in [1.29, 1.82) is 0 Å². The smallest absolute Gasteiger partial charge is 0.304 e. The van der Waals surface area contributed by atoms with Gasteiger partial charge in [0.25, 0.3) is 0 Å². The lowest BCUT2D eigenvalue weighted by Gasteiger charge is -2.25. The fraction of sp³-hybridized carbons (Fsp3) is 0.500. The van der Waals surface area contributed by atoms with E-state index in [0.717, 1.165) is 12.1 Å². The molecule has 0 aliphatic carbocycles. The Labute approximate surface area is 98.5 Å². The van der Waals surface area contributed by atoms with Gasteiger partial charge < -0.3 is 9.05 Å². The number of pyridine rings is 1. The van der Waals surface area contributed by atoms with Crippen LogP contribution in [0.25, 0.3) is 0 Å². The normalized spacial score (nSPS) is 12.7. The summed E-state index contributed by atoms with van der Waals surface area (Å²) in [6, 6.07) is 2.18. The molecule has 1 aromatic heterocycles. The lowest BCUT2D eigenvalue weighted by Crippen LogP contribution is -2.18. The van der Waals surface area contributed by atoms with E-state index in [9.17, 15) is 13.3 Å². The maximum Gasteiger partial charge on any atom is 0.404 e. The van der Waals surface area contributed by atoms with Gasteiger partial charge in [-0.2, -0.15) is 8.78 Å². The van der Waals surface area contributed by atoms with E-state index in [0.29, 0.717) is 0 Å². The van der Waals surface area contributed by atoms with Crippen LogP contribution in [0, 0.1) is 0 Å². The number of hydrogen-bond acceptors (Lipinski definition) is 4. The van der Waals surface area contributed by atoms with Crippen molar-refractivity contribution >= 4 is 7.60 Å². The summed E-state index contributed by atoms with van der Waals surface area (Å²) < 4.78 is 49.4. The second kappa shape index (κ2) is 5.67. The average molecular weight is 265 g/mol. The molecular weight excluding hydrogens is 251 g/mol. The molecule has 0 N–H and O–H groups in total. The summed E-state index contributed by atoms with van der Waals surface area (Å²) in [6.07, 6.45) is 2.40. The summed E-state index contributed by atoms with van der Waals surface area (Å²) >= 11 is 0. The predicted octanol–water partition coefficient (Wildman–Crippen LogP) is 3.40. The fourth-order valence-corrected chi connectivity index (χ4v) is 2.79. The van der Waals surface area contributed by atoms with E-state index in [-0.39, 0.29) is 13.2 Å². The summed E-state index contributed by atoms with van der Waals surface area (Å²) in [4.78, 5) is 3.63. The minimum Gasteiger partial charge on any atom is -0.304 e. The second-order valence-electron chi connectivity index (χ2n) is 3.11. The third-order valence-corrected chi connectivity index (χ3v) is 4.11. The predicted molar refractivity (Wildman–Crippen MR) is 59.0 cm³/mol. The van der Waals surface area contributed by atoms with E-state index < -0.39 is 18.8 Å². The minimum atomic E-state index is -4.51. The first-order valence-electron chi connectivity index (χ1n) is 5.15. The molecule has 4 nitrogen and oxygen atoms in total. The fourth-order valence-electron chi connectivity index (χ4n) is 1.25. The first-order chi connectivity index (χ1) is 7.98. The van der Waals surface area contributed by atoms with Gasteiger partial charge in [0.1, 0.15) is 0 Å². The van der Waals surface area contributed by atoms with E-state index in [1.54, 1.807) is 0 Å². The number of nitrogens with zero attached hydrogens (tertiary/aromatic N) is 1. The number of halogens is 2. The molecule has 0 unspecified atom stereocenters. The van der Waals surface area contributed by atoms with Gasteiger partial charge in [-0.3, -0.25) is 9.55 Å². The zero-order valence-corrected chi connectivity index (χ0v) is 10.5. The highest BCUT2D eigenvalue weighted by atomic mass is 31.2. The minimum absolute atomic E-state index is 0.113. The Bertz CT molecular complexity index is 390. The molecule has 0 spiro atoms. The Morgan fingerprint density at radius 1 is 1.24 bits per heavy atom. The van der Waals surface area contributed by atoms with Gasteiger partial charge >= 0.3 is 13.3 Å². The molecule has 0 bridgehead atoms. The number of hydrogen-bond donors (Lipinski definition) is 0. The Morgan fingerprint density at radius 3 is 2.12 bits per heavy atom. The summed E-state index contributed by atoms with van der Waals surface area (Å²) in [5, 5.41) is 0. The maximum atomic E-state index is 14.0. The summed E-state index contributed by atoms with van der Waals surface area (Å²) in [7, 11) is -4.51. The molecule has 1 rings (SSSR count). The van der Waals surface area contributed by atoms with E-state index >= 15 is 0 Å². The van der Waals surface area contributed by atoms with Crippen LogP contribution in [0.15, 0.2) is 24.5 Å². The SMILES string of the molecule is CCOP(=O)(OCC)C(F)(F)c1ccncc1. The van der Waals surface area contributed by atoms with Gasteiger partial charge in [0.05, 0.1) is 13.2 Å². The molecule has 1 heterocycles. The average Bonchev–Trinajstić information content (AvgIpc) is 2.30. The van der Waals surface area contributed by atoms with E-state index in [1.165, 1.54) is 26.2 Å². The Morgan fingerprint density at radius 2 is 1.71 bits per heavy atom. The van der Waals surface area contributed by atoms with Crippen molar-refractivity contribution in [3.05, 3.63) is 30.1 Å². The monoisotopic (exact) mass is 265 g/mol. The van der Waals surface area contributed by atoms with Crippen LogP contribution in [0.3, 0.4) is 0 Å². The van der Waals surface area contributed by atoms with Crippen LogP contribution in [0.4, 0.5) is 8.78 Å². The summed E-state index contributed by atoms with van der Waals surface area (Å²) in [5.41, 5.74) is -4.11. The Kier molecular flexibility index (Phi) is 4.74. The quantitative estimate of drug-likeness (QED) is 0.739. The number of alkyl halides is 2. The van der Waals surface area contributed by atoms with Crippen LogP contribution in [-0.4, -0.2) is 18.2 Å². The molecule has 0 radical (unpaired) electrons.